The molecule has 0 atom stereocenters. The Labute approximate surface area is 226 Å². The molecule has 194 valence electrons. The van der Waals surface area contributed by atoms with E-state index in [2.05, 4.69) is 4.98 Å². The number of carbonyl (C=O) groups is 2. The van der Waals surface area contributed by atoms with Crippen molar-refractivity contribution in [1.29, 1.82) is 0 Å². The highest BCUT2D eigenvalue weighted by atomic mass is 16.5. The number of anilines is 1. The molecule has 7 nitrogen and oxygen atoms in total. The molecule has 0 aliphatic heterocycles. The molecular formula is C32H27N3O4. The molecule has 39 heavy (non-hydrogen) atoms. The maximum atomic E-state index is 13.5. The lowest BCUT2D eigenvalue weighted by Crippen LogP contribution is -2.13. The molecule has 0 saturated carbocycles. The summed E-state index contributed by atoms with van der Waals surface area (Å²) >= 11 is 0. The molecule has 4 aromatic carbocycles. The van der Waals surface area contributed by atoms with Gasteiger partial charge in [0.15, 0.2) is 0 Å². The summed E-state index contributed by atoms with van der Waals surface area (Å²) in [6, 6.07) is 33.5. The van der Waals surface area contributed by atoms with Crippen LogP contribution in [0.5, 0.6) is 11.5 Å². The van der Waals surface area contributed by atoms with Crippen LogP contribution in [0.2, 0.25) is 0 Å². The highest BCUT2D eigenvalue weighted by Gasteiger charge is 2.26. The number of rotatable bonds is 10. The summed E-state index contributed by atoms with van der Waals surface area (Å²) in [5.41, 5.74) is 15.5. The Bertz CT molecular complexity index is 1580. The molecule has 0 aliphatic rings. The molecule has 0 unspecified atom stereocenters. The van der Waals surface area contributed by atoms with Crippen molar-refractivity contribution in [2.45, 2.75) is 13.2 Å². The van der Waals surface area contributed by atoms with E-state index in [0.29, 0.717) is 41.4 Å². The topological polar surface area (TPSA) is 120 Å². The van der Waals surface area contributed by atoms with E-state index in [4.69, 9.17) is 20.9 Å². The van der Waals surface area contributed by atoms with Gasteiger partial charge in [-0.15, -0.1) is 0 Å². The van der Waals surface area contributed by atoms with Crippen LogP contribution in [0.15, 0.2) is 109 Å². The van der Waals surface area contributed by atoms with Crippen molar-refractivity contribution in [2.75, 3.05) is 5.73 Å². The van der Waals surface area contributed by atoms with Gasteiger partial charge >= 0.3 is 0 Å². The van der Waals surface area contributed by atoms with E-state index in [1.807, 2.05) is 60.7 Å². The van der Waals surface area contributed by atoms with Crippen molar-refractivity contribution >= 4 is 17.5 Å². The third-order valence-electron chi connectivity index (χ3n) is 6.26. The molecule has 0 spiro atoms. The summed E-state index contributed by atoms with van der Waals surface area (Å²) in [7, 11) is 0. The van der Waals surface area contributed by atoms with Gasteiger partial charge in [0.2, 0.25) is 5.78 Å². The Morgan fingerprint density at radius 3 is 1.64 bits per heavy atom. The minimum absolute atomic E-state index is 0.0352. The molecule has 5 aromatic rings. The lowest BCUT2D eigenvalue weighted by Gasteiger charge is -2.10. The smallest absolute Gasteiger partial charge is 0.253 e. The minimum atomic E-state index is -0.730. The van der Waals surface area contributed by atoms with Gasteiger partial charge in [0.1, 0.15) is 30.5 Å². The van der Waals surface area contributed by atoms with Crippen molar-refractivity contribution in [3.8, 4) is 22.6 Å². The molecule has 0 aliphatic carbocycles. The number of carbonyl (C=O) groups excluding carboxylic acids is 2. The Balaban J connectivity index is 1.37. The third-order valence-corrected chi connectivity index (χ3v) is 6.26. The van der Waals surface area contributed by atoms with Crippen molar-refractivity contribution in [2.24, 2.45) is 5.73 Å². The van der Waals surface area contributed by atoms with Crippen LogP contribution >= 0.6 is 0 Å². The minimum Gasteiger partial charge on any atom is -0.489 e. The first-order chi connectivity index (χ1) is 19.0. The first kappa shape index (κ1) is 25.4. The van der Waals surface area contributed by atoms with Crippen LogP contribution in [-0.4, -0.2) is 16.7 Å². The normalized spacial score (nSPS) is 10.7. The quantitative estimate of drug-likeness (QED) is 0.204. The lowest BCUT2D eigenvalue weighted by atomic mass is 9.96. The molecule has 0 saturated heterocycles. The number of aromatic amines is 1. The maximum Gasteiger partial charge on any atom is 0.253 e. The monoisotopic (exact) mass is 517 g/mol. The zero-order valence-corrected chi connectivity index (χ0v) is 21.1. The van der Waals surface area contributed by atoms with Gasteiger partial charge in [0.05, 0.1) is 11.3 Å². The molecule has 5 N–H and O–H groups in total. The zero-order valence-electron chi connectivity index (χ0n) is 21.1. The van der Waals surface area contributed by atoms with E-state index >= 15 is 0 Å². The van der Waals surface area contributed by atoms with E-state index in [-0.39, 0.29) is 22.9 Å². The van der Waals surface area contributed by atoms with E-state index in [0.717, 1.165) is 11.1 Å². The molecule has 5 rings (SSSR count). The van der Waals surface area contributed by atoms with Crippen molar-refractivity contribution in [1.82, 2.24) is 4.98 Å². The highest BCUT2D eigenvalue weighted by Crippen LogP contribution is 2.34. The molecule has 1 heterocycles. The number of ketones is 1. The molecule has 0 fully saturated rings. The number of benzene rings is 4. The second kappa shape index (κ2) is 11.4. The number of nitrogen functional groups attached to an aromatic ring is 1. The van der Waals surface area contributed by atoms with Crippen LogP contribution in [0, 0.1) is 0 Å². The number of nitrogens with two attached hydrogens (primary N) is 2. The number of aromatic nitrogens is 1. The van der Waals surface area contributed by atoms with Gasteiger partial charge in [0, 0.05) is 11.1 Å². The second-order valence-electron chi connectivity index (χ2n) is 8.95. The fourth-order valence-electron chi connectivity index (χ4n) is 4.28. The van der Waals surface area contributed by atoms with Gasteiger partial charge in [-0.3, -0.25) is 9.59 Å². The van der Waals surface area contributed by atoms with Gasteiger partial charge in [-0.2, -0.15) is 0 Å². The fourth-order valence-corrected chi connectivity index (χ4v) is 4.28. The van der Waals surface area contributed by atoms with Gasteiger partial charge in [-0.25, -0.2) is 0 Å². The number of H-pyrrole nitrogens is 1. The number of hydrogen-bond donors (Lipinski definition) is 3. The van der Waals surface area contributed by atoms with E-state index in [1.165, 1.54) is 0 Å². The van der Waals surface area contributed by atoms with E-state index in [9.17, 15) is 9.59 Å². The number of amides is 1. The summed E-state index contributed by atoms with van der Waals surface area (Å²) in [6.07, 6.45) is 0. The van der Waals surface area contributed by atoms with Crippen LogP contribution in [-0.2, 0) is 13.2 Å². The zero-order chi connectivity index (χ0) is 27.2. The lowest BCUT2D eigenvalue weighted by molar-refractivity contribution is 0.100. The molecule has 0 radical (unpaired) electrons. The third kappa shape index (κ3) is 5.83. The van der Waals surface area contributed by atoms with Gasteiger partial charge in [-0.1, -0.05) is 72.8 Å². The van der Waals surface area contributed by atoms with E-state index in [1.54, 1.807) is 48.5 Å². The summed E-state index contributed by atoms with van der Waals surface area (Å²) in [5, 5.41) is 0. The first-order valence-electron chi connectivity index (χ1n) is 12.4. The Kier molecular flexibility index (Phi) is 7.41. The van der Waals surface area contributed by atoms with Gasteiger partial charge < -0.3 is 25.9 Å². The van der Waals surface area contributed by atoms with Crippen molar-refractivity contribution in [3.63, 3.8) is 0 Å². The largest absolute Gasteiger partial charge is 0.489 e. The molecule has 1 amide bonds. The summed E-state index contributed by atoms with van der Waals surface area (Å²) in [4.78, 5) is 28.7. The SMILES string of the molecule is NC(=O)c1c(N)[nH]c(C(=O)c2ccc(OCc3ccccc3)cc2)c1-c1ccc(OCc2ccccc2)cc1. The van der Waals surface area contributed by atoms with Gasteiger partial charge in [0.25, 0.3) is 5.91 Å². The van der Waals surface area contributed by atoms with E-state index < -0.39 is 5.91 Å². The first-order valence-corrected chi connectivity index (χ1v) is 12.4. The van der Waals surface area contributed by atoms with Gasteiger partial charge in [-0.05, 0) is 53.1 Å². The number of ether oxygens (including phenoxy) is 2. The Morgan fingerprint density at radius 2 is 1.15 bits per heavy atom. The number of primary amides is 1. The summed E-state index contributed by atoms with van der Waals surface area (Å²) in [5.74, 6) is 0.249. The average molecular weight is 518 g/mol. The van der Waals surface area contributed by atoms with Crippen LogP contribution in [0.3, 0.4) is 0 Å². The Hall–Kier alpha value is -5.30. The second-order valence-corrected chi connectivity index (χ2v) is 8.95. The number of hydrogen-bond acceptors (Lipinski definition) is 5. The van der Waals surface area contributed by atoms with Crippen LogP contribution in [0.1, 0.15) is 37.5 Å². The van der Waals surface area contributed by atoms with Crippen LogP contribution in [0.25, 0.3) is 11.1 Å². The van der Waals surface area contributed by atoms with Crippen molar-refractivity contribution in [3.05, 3.63) is 137 Å². The fraction of sp³-hybridized carbons (Fsp3) is 0.0625. The summed E-state index contributed by atoms with van der Waals surface area (Å²) in [6.45, 7) is 0.830. The molecular weight excluding hydrogens is 490 g/mol. The predicted octanol–water partition coefficient (Wildman–Crippen LogP) is 5.75. The maximum absolute atomic E-state index is 13.5. The molecule has 1 aromatic heterocycles. The Morgan fingerprint density at radius 1 is 0.667 bits per heavy atom. The standard InChI is InChI=1S/C32H27N3O4/c33-31-28(32(34)37)27(23-11-15-25(16-12-23)38-19-21-7-3-1-4-8-21)29(35-31)30(36)24-13-17-26(18-14-24)39-20-22-9-5-2-6-10-22/h1-18,35H,19-20,33H2,(H2,34,37). The number of nitrogens with one attached hydrogen (secondary N) is 1. The van der Waals surface area contributed by atoms with Crippen LogP contribution < -0.4 is 20.9 Å². The van der Waals surface area contributed by atoms with Crippen molar-refractivity contribution < 1.29 is 19.1 Å². The molecule has 0 bridgehead atoms. The van der Waals surface area contributed by atoms with Crippen LogP contribution in [0.4, 0.5) is 5.82 Å². The summed E-state index contributed by atoms with van der Waals surface area (Å²) < 4.78 is 11.7. The predicted molar refractivity (Wildman–Crippen MR) is 151 cm³/mol. The average Bonchev–Trinajstić information content (AvgIpc) is 3.33. The highest BCUT2D eigenvalue weighted by molar-refractivity contribution is 6.17. The molecule has 7 heteroatoms.